The molecule has 40 heavy (non-hydrogen) atoms. The van der Waals surface area contributed by atoms with E-state index in [1.807, 2.05) is 57.6 Å². The highest BCUT2D eigenvalue weighted by Gasteiger charge is 2.40. The molecule has 0 aliphatic carbocycles. The van der Waals surface area contributed by atoms with E-state index in [2.05, 4.69) is 16.1 Å². The van der Waals surface area contributed by atoms with Crippen molar-refractivity contribution in [2.24, 2.45) is 0 Å². The first-order chi connectivity index (χ1) is 18.1. The molecule has 2 aromatic heterocycles. The van der Waals surface area contributed by atoms with Crippen molar-refractivity contribution in [1.82, 2.24) is 24.6 Å². The van der Waals surface area contributed by atoms with Crippen LogP contribution < -0.4 is 4.90 Å². The molecule has 4 unspecified atom stereocenters. The Labute approximate surface area is 248 Å². The van der Waals surface area contributed by atoms with E-state index in [0.29, 0.717) is 30.6 Å². The summed E-state index contributed by atoms with van der Waals surface area (Å²) < 4.78 is 28.6. The van der Waals surface area contributed by atoms with E-state index in [4.69, 9.17) is 19.4 Å². The molecule has 218 valence electrons. The van der Waals surface area contributed by atoms with Gasteiger partial charge in [0.15, 0.2) is 5.82 Å². The minimum Gasteiger partial charge on any atom is -0.444 e. The number of aryl methyl sites for hydroxylation is 2. The number of halogens is 1. The Hall–Kier alpha value is -2.57. The van der Waals surface area contributed by atoms with Crippen LogP contribution in [0.2, 0.25) is 0 Å². The van der Waals surface area contributed by atoms with Crippen molar-refractivity contribution >= 4 is 49.8 Å². The molecule has 3 fully saturated rings. The molecular weight excluding hydrogens is 551 g/mol. The summed E-state index contributed by atoms with van der Waals surface area (Å²) in [5, 5.41) is 5.63. The first kappa shape index (κ1) is 30.4. The molecule has 4 atom stereocenters. The molecular formula is C28H39FN6O3S2. The van der Waals surface area contributed by atoms with Gasteiger partial charge >= 0.3 is 6.09 Å². The number of morpholine rings is 1. The molecule has 3 aliphatic rings. The normalized spacial score (nSPS) is 24.1. The highest BCUT2D eigenvalue weighted by atomic mass is 32.1. The second-order valence-corrected chi connectivity index (χ2v) is 11.8. The van der Waals surface area contributed by atoms with E-state index in [9.17, 15) is 4.79 Å². The van der Waals surface area contributed by atoms with Gasteiger partial charge in [0.25, 0.3) is 0 Å². The average molecular weight is 591 g/mol. The molecule has 0 radical (unpaired) electrons. The van der Waals surface area contributed by atoms with E-state index in [0.717, 1.165) is 47.4 Å². The fraction of sp³-hybridized carbons (Fsp3) is 0.571. The van der Waals surface area contributed by atoms with Gasteiger partial charge in [-0.1, -0.05) is 0 Å². The molecule has 0 saturated carbocycles. The fourth-order valence-corrected chi connectivity index (χ4v) is 6.01. The lowest BCUT2D eigenvalue weighted by atomic mass is 9.85. The number of benzene rings is 1. The van der Waals surface area contributed by atoms with Crippen molar-refractivity contribution in [3.8, 4) is 5.82 Å². The van der Waals surface area contributed by atoms with E-state index < -0.39 is 17.9 Å². The van der Waals surface area contributed by atoms with Gasteiger partial charge in [0.1, 0.15) is 23.4 Å². The zero-order valence-electron chi connectivity index (χ0n) is 23.6. The summed E-state index contributed by atoms with van der Waals surface area (Å²) in [6.45, 7) is 11.4. The van der Waals surface area contributed by atoms with Gasteiger partial charge in [0.05, 0.1) is 37.0 Å². The third-order valence-corrected chi connectivity index (χ3v) is 7.77. The van der Waals surface area contributed by atoms with Gasteiger partial charge < -0.3 is 19.3 Å². The number of likely N-dealkylation sites (tertiary alicyclic amines) is 1. The topological polar surface area (TPSA) is 85.6 Å². The highest BCUT2D eigenvalue weighted by molar-refractivity contribution is 7.59. The molecule has 6 rings (SSSR count). The Morgan fingerprint density at radius 1 is 1.10 bits per heavy atom. The third kappa shape index (κ3) is 5.75. The van der Waals surface area contributed by atoms with E-state index >= 15 is 4.39 Å². The van der Waals surface area contributed by atoms with Crippen molar-refractivity contribution in [3.05, 3.63) is 41.3 Å². The number of nitrogens with zero attached hydrogens (tertiary/aromatic N) is 6. The van der Waals surface area contributed by atoms with Crippen LogP contribution >= 0.6 is 27.0 Å². The molecule has 0 N–H and O–H groups in total. The number of carbonyl (C=O) groups is 1. The van der Waals surface area contributed by atoms with Gasteiger partial charge in [-0.05, 0) is 70.7 Å². The van der Waals surface area contributed by atoms with Crippen LogP contribution in [0.15, 0.2) is 24.4 Å². The van der Waals surface area contributed by atoms with Crippen LogP contribution in [-0.4, -0.2) is 80.9 Å². The second-order valence-electron chi connectivity index (χ2n) is 11.8. The average Bonchev–Trinajstić information content (AvgIpc) is 3.58. The number of piperidine rings is 1. The minimum atomic E-state index is -1.19. The maximum absolute atomic E-state index is 15.6. The largest absolute Gasteiger partial charge is 0.444 e. The van der Waals surface area contributed by atoms with Crippen LogP contribution in [0.4, 0.5) is 15.0 Å². The Kier molecular flexibility index (Phi) is 8.64. The van der Waals surface area contributed by atoms with Crippen LogP contribution in [0, 0.1) is 13.8 Å². The third-order valence-electron chi connectivity index (χ3n) is 7.77. The molecule has 12 heteroatoms. The Morgan fingerprint density at radius 3 is 2.50 bits per heavy atom. The quantitative estimate of drug-likeness (QED) is 0.437. The van der Waals surface area contributed by atoms with Crippen LogP contribution in [0.25, 0.3) is 16.7 Å². The number of fused-ring (bicyclic) bond motifs is 3. The lowest BCUT2D eigenvalue weighted by molar-refractivity contribution is 0.0111. The predicted molar refractivity (Wildman–Crippen MR) is 162 cm³/mol. The zero-order valence-corrected chi connectivity index (χ0v) is 25.6. The van der Waals surface area contributed by atoms with Crippen molar-refractivity contribution in [2.75, 3.05) is 31.1 Å². The maximum atomic E-state index is 15.6. The number of carbonyl (C=O) groups excluding carboxylic acids is 1. The Balaban J connectivity index is 0.00000185. The molecule has 1 aromatic carbocycles. The molecule has 3 saturated heterocycles. The van der Waals surface area contributed by atoms with Gasteiger partial charge in [0.2, 0.25) is 0 Å². The van der Waals surface area contributed by atoms with Gasteiger partial charge in [-0.25, -0.2) is 23.8 Å². The van der Waals surface area contributed by atoms with Gasteiger partial charge in [-0.15, -0.1) is 0 Å². The van der Waals surface area contributed by atoms with E-state index in [1.54, 1.807) is 0 Å². The van der Waals surface area contributed by atoms with Crippen LogP contribution in [0.5, 0.6) is 0 Å². The summed E-state index contributed by atoms with van der Waals surface area (Å²) in [5.41, 5.74) is 2.22. The number of amides is 1. The first-order valence-electron chi connectivity index (χ1n) is 13.4. The van der Waals surface area contributed by atoms with Crippen LogP contribution in [0.1, 0.15) is 56.5 Å². The standard InChI is InChI=1S/C28H35FN6O3.2H2S/c1-16-8-18-12-30-35(26-11-25(31-17(2)32-26)34-13-20-9-19(34)15-37-20)24(18)10-22(16)21-6-7-33(14-23(21)29)27(36)38-28(3,4)5;;/h8,10-12,19-21,23H,6-7,9,13-15H2,1-5H3;2*1H2. The number of anilines is 1. The van der Waals surface area contributed by atoms with Gasteiger partial charge in [-0.2, -0.15) is 32.1 Å². The lowest BCUT2D eigenvalue weighted by Gasteiger charge is -2.36. The predicted octanol–water partition coefficient (Wildman–Crippen LogP) is 4.70. The van der Waals surface area contributed by atoms with E-state index in [1.165, 1.54) is 4.90 Å². The fourth-order valence-electron chi connectivity index (χ4n) is 6.01. The van der Waals surface area contributed by atoms with Crippen LogP contribution in [0.3, 0.4) is 0 Å². The van der Waals surface area contributed by atoms with Crippen molar-refractivity contribution in [3.63, 3.8) is 0 Å². The molecule has 5 heterocycles. The van der Waals surface area contributed by atoms with Crippen molar-refractivity contribution in [2.45, 2.75) is 77.3 Å². The van der Waals surface area contributed by atoms with Crippen molar-refractivity contribution < 1.29 is 18.7 Å². The smallest absolute Gasteiger partial charge is 0.410 e. The summed E-state index contributed by atoms with van der Waals surface area (Å²) in [6, 6.07) is 6.43. The van der Waals surface area contributed by atoms with Gasteiger partial charge in [0, 0.05) is 30.5 Å². The lowest BCUT2D eigenvalue weighted by Crippen LogP contribution is -2.46. The minimum absolute atomic E-state index is 0. The molecule has 0 spiro atoms. The second kappa shape index (κ2) is 11.4. The number of ether oxygens (including phenoxy) is 2. The molecule has 9 nitrogen and oxygen atoms in total. The number of aromatic nitrogens is 4. The molecule has 1 amide bonds. The summed E-state index contributed by atoms with van der Waals surface area (Å²) in [5.74, 6) is 1.94. The summed E-state index contributed by atoms with van der Waals surface area (Å²) in [7, 11) is 0. The van der Waals surface area contributed by atoms with Crippen molar-refractivity contribution in [1.29, 1.82) is 0 Å². The monoisotopic (exact) mass is 590 g/mol. The highest BCUT2D eigenvalue weighted by Crippen LogP contribution is 2.36. The zero-order chi connectivity index (χ0) is 26.8. The van der Waals surface area contributed by atoms with Crippen LogP contribution in [-0.2, 0) is 9.47 Å². The number of alkyl halides is 1. The molecule has 3 aromatic rings. The first-order valence-corrected chi connectivity index (χ1v) is 13.4. The Morgan fingerprint density at radius 2 is 1.85 bits per heavy atom. The number of hydrogen-bond acceptors (Lipinski definition) is 7. The van der Waals surface area contributed by atoms with Gasteiger partial charge in [-0.3, -0.25) is 0 Å². The summed E-state index contributed by atoms with van der Waals surface area (Å²) in [4.78, 5) is 25.7. The number of hydrogen-bond donors (Lipinski definition) is 0. The maximum Gasteiger partial charge on any atom is 0.410 e. The summed E-state index contributed by atoms with van der Waals surface area (Å²) in [6.07, 6.45) is 2.00. The molecule has 3 aliphatic heterocycles. The van der Waals surface area contributed by atoms with E-state index in [-0.39, 0.29) is 45.6 Å². The summed E-state index contributed by atoms with van der Waals surface area (Å²) >= 11 is 0. The Bertz CT molecular complexity index is 1400. The molecule has 2 bridgehead atoms. The SMILES string of the molecule is Cc1nc(N2CC3CC2CO3)cc(-n2ncc3cc(C)c(C4CCN(C(=O)OC(C)(C)C)CC4F)cc32)n1.S.S. The number of rotatable bonds is 3.